The second kappa shape index (κ2) is 8.03. The summed E-state index contributed by atoms with van der Waals surface area (Å²) >= 11 is 0. The van der Waals surface area contributed by atoms with Crippen molar-refractivity contribution in [3.05, 3.63) is 86.6 Å². The summed E-state index contributed by atoms with van der Waals surface area (Å²) in [5, 5.41) is 0. The lowest BCUT2D eigenvalue weighted by Gasteiger charge is -2.36. The first-order valence-electron chi connectivity index (χ1n) is 10.8. The molecule has 1 N–H and O–H groups in total. The fraction of sp³-hybridized carbons (Fsp3) is 0.292. The lowest BCUT2D eigenvalue weighted by molar-refractivity contribution is 0.625. The number of rotatable bonds is 4. The van der Waals surface area contributed by atoms with E-state index in [9.17, 15) is 9.59 Å². The van der Waals surface area contributed by atoms with Gasteiger partial charge in [-0.05, 0) is 24.6 Å². The van der Waals surface area contributed by atoms with Gasteiger partial charge in [0.05, 0.1) is 6.54 Å². The molecule has 3 heterocycles. The lowest BCUT2D eigenvalue weighted by Crippen LogP contribution is -2.47. The van der Waals surface area contributed by atoms with Gasteiger partial charge in [0, 0.05) is 38.9 Å². The molecule has 1 saturated heterocycles. The molecule has 0 aliphatic carbocycles. The monoisotopic (exact) mass is 430 g/mol. The van der Waals surface area contributed by atoms with Crippen molar-refractivity contribution in [1.29, 1.82) is 0 Å². The van der Waals surface area contributed by atoms with Crippen molar-refractivity contribution in [3.8, 4) is 0 Å². The highest BCUT2D eigenvalue weighted by atomic mass is 16.2. The standard InChI is InChI=1S/C24H26N6O2/c1-17-7-6-8-18(15-17)16-30-20-21(27(2)24(32)26-22(20)31)25-23(30)29-13-11-28(12-14-29)19-9-4-3-5-10-19/h3-10,15H,11-14,16H2,1-2H3,(H,26,31,32). The molecule has 1 fully saturated rings. The van der Waals surface area contributed by atoms with Gasteiger partial charge in [0.2, 0.25) is 5.95 Å². The fourth-order valence-corrected chi connectivity index (χ4v) is 4.41. The summed E-state index contributed by atoms with van der Waals surface area (Å²) in [4.78, 5) is 36.8. The van der Waals surface area contributed by atoms with E-state index in [0.29, 0.717) is 17.7 Å². The largest absolute Gasteiger partial charge is 0.368 e. The fourth-order valence-electron chi connectivity index (χ4n) is 4.41. The van der Waals surface area contributed by atoms with Gasteiger partial charge in [-0.2, -0.15) is 4.98 Å². The number of H-pyrrole nitrogens is 1. The topological polar surface area (TPSA) is 79.2 Å². The number of hydrogen-bond donors (Lipinski definition) is 1. The summed E-state index contributed by atoms with van der Waals surface area (Å²) in [7, 11) is 1.64. The Morgan fingerprint density at radius 1 is 0.938 bits per heavy atom. The number of piperazine rings is 1. The van der Waals surface area contributed by atoms with E-state index in [1.54, 1.807) is 7.05 Å². The van der Waals surface area contributed by atoms with Crippen LogP contribution in [0.2, 0.25) is 0 Å². The highest BCUT2D eigenvalue weighted by molar-refractivity contribution is 5.74. The first-order chi connectivity index (χ1) is 15.5. The van der Waals surface area contributed by atoms with Crippen molar-refractivity contribution in [1.82, 2.24) is 19.1 Å². The predicted octanol–water partition coefficient (Wildman–Crippen LogP) is 2.11. The molecule has 4 aromatic rings. The first kappa shape index (κ1) is 20.1. The van der Waals surface area contributed by atoms with E-state index in [-0.39, 0.29) is 0 Å². The number of para-hydroxylation sites is 1. The van der Waals surface area contributed by atoms with Gasteiger partial charge in [-0.1, -0.05) is 48.0 Å². The molecular formula is C24H26N6O2. The number of hydrogen-bond acceptors (Lipinski definition) is 5. The predicted molar refractivity (Wildman–Crippen MR) is 127 cm³/mol. The van der Waals surface area contributed by atoms with Crippen LogP contribution < -0.4 is 21.0 Å². The zero-order chi connectivity index (χ0) is 22.2. The van der Waals surface area contributed by atoms with Crippen LogP contribution in [0.1, 0.15) is 11.1 Å². The molecule has 0 spiro atoms. The summed E-state index contributed by atoms with van der Waals surface area (Å²) < 4.78 is 3.35. The van der Waals surface area contributed by atoms with Gasteiger partial charge in [0.15, 0.2) is 11.2 Å². The van der Waals surface area contributed by atoms with Crippen LogP contribution in [0.4, 0.5) is 11.6 Å². The average Bonchev–Trinajstić information content (AvgIpc) is 3.18. The second-order valence-electron chi connectivity index (χ2n) is 8.29. The molecule has 0 unspecified atom stereocenters. The number of aromatic nitrogens is 4. The molecule has 1 aliphatic rings. The van der Waals surface area contributed by atoms with Crippen LogP contribution in [0.15, 0.2) is 64.2 Å². The Balaban J connectivity index is 1.55. The summed E-state index contributed by atoms with van der Waals surface area (Å²) in [5.74, 6) is 0.723. The first-order valence-corrected chi connectivity index (χ1v) is 10.8. The Labute approximate surface area is 185 Å². The van der Waals surface area contributed by atoms with Crippen LogP contribution in [0.25, 0.3) is 11.2 Å². The zero-order valence-electron chi connectivity index (χ0n) is 18.3. The molecular weight excluding hydrogens is 404 g/mol. The van der Waals surface area contributed by atoms with Gasteiger partial charge in [0.25, 0.3) is 5.56 Å². The van der Waals surface area contributed by atoms with Crippen molar-refractivity contribution in [3.63, 3.8) is 0 Å². The maximum atomic E-state index is 12.8. The molecule has 8 heteroatoms. The van der Waals surface area contributed by atoms with E-state index in [0.717, 1.165) is 43.3 Å². The Hall–Kier alpha value is -3.81. The average molecular weight is 431 g/mol. The molecule has 0 atom stereocenters. The molecule has 2 aromatic carbocycles. The Morgan fingerprint density at radius 2 is 1.66 bits per heavy atom. The summed E-state index contributed by atoms with van der Waals surface area (Å²) in [6, 6.07) is 18.6. The molecule has 32 heavy (non-hydrogen) atoms. The molecule has 8 nitrogen and oxygen atoms in total. The Bertz CT molecular complexity index is 1380. The molecule has 0 saturated carbocycles. The summed E-state index contributed by atoms with van der Waals surface area (Å²) in [6.45, 7) is 5.82. The number of benzene rings is 2. The van der Waals surface area contributed by atoms with Gasteiger partial charge in [-0.25, -0.2) is 4.79 Å². The molecule has 0 bridgehead atoms. The van der Waals surface area contributed by atoms with E-state index >= 15 is 0 Å². The van der Waals surface area contributed by atoms with E-state index in [1.807, 2.05) is 22.8 Å². The van der Waals surface area contributed by atoms with Crippen molar-refractivity contribution < 1.29 is 0 Å². The third kappa shape index (κ3) is 3.57. The minimum atomic E-state index is -0.455. The minimum Gasteiger partial charge on any atom is -0.368 e. The third-order valence-corrected chi connectivity index (χ3v) is 6.09. The smallest absolute Gasteiger partial charge is 0.329 e. The minimum absolute atomic E-state index is 0.405. The van der Waals surface area contributed by atoms with Gasteiger partial charge >= 0.3 is 5.69 Å². The Kier molecular flexibility index (Phi) is 5.05. The van der Waals surface area contributed by atoms with Crippen LogP contribution >= 0.6 is 0 Å². The van der Waals surface area contributed by atoms with Crippen LogP contribution in [-0.2, 0) is 13.6 Å². The Morgan fingerprint density at radius 3 is 2.38 bits per heavy atom. The van der Waals surface area contributed by atoms with E-state index < -0.39 is 11.2 Å². The van der Waals surface area contributed by atoms with Gasteiger partial charge in [0.1, 0.15) is 0 Å². The lowest BCUT2D eigenvalue weighted by atomic mass is 10.1. The SMILES string of the molecule is Cc1cccc(Cn2c(N3CCN(c4ccccc4)CC3)nc3c2c(=O)[nH]c(=O)n3C)c1. The number of fused-ring (bicyclic) bond motifs is 1. The maximum absolute atomic E-state index is 12.8. The number of aryl methyl sites for hydroxylation is 2. The molecule has 164 valence electrons. The van der Waals surface area contributed by atoms with Gasteiger partial charge in [-0.3, -0.25) is 18.9 Å². The van der Waals surface area contributed by atoms with E-state index in [4.69, 9.17) is 4.98 Å². The molecule has 1 aliphatic heterocycles. The normalized spacial score (nSPS) is 14.3. The van der Waals surface area contributed by atoms with Crippen molar-refractivity contribution >= 4 is 22.8 Å². The highest BCUT2D eigenvalue weighted by Gasteiger charge is 2.25. The third-order valence-electron chi connectivity index (χ3n) is 6.09. The highest BCUT2D eigenvalue weighted by Crippen LogP contribution is 2.24. The number of anilines is 2. The number of nitrogens with zero attached hydrogens (tertiary/aromatic N) is 5. The number of aromatic amines is 1. The number of nitrogens with one attached hydrogen (secondary N) is 1. The van der Waals surface area contributed by atoms with Crippen molar-refractivity contribution in [2.75, 3.05) is 36.0 Å². The maximum Gasteiger partial charge on any atom is 0.329 e. The summed E-state index contributed by atoms with van der Waals surface area (Å²) in [6.07, 6.45) is 0. The quantitative estimate of drug-likeness (QED) is 0.537. The van der Waals surface area contributed by atoms with Crippen LogP contribution in [0.3, 0.4) is 0 Å². The zero-order valence-corrected chi connectivity index (χ0v) is 18.3. The number of imidazole rings is 1. The molecule has 0 amide bonds. The van der Waals surface area contributed by atoms with E-state index in [1.165, 1.54) is 10.3 Å². The molecule has 2 aromatic heterocycles. The summed E-state index contributed by atoms with van der Waals surface area (Å²) in [5.41, 5.74) is 3.42. The van der Waals surface area contributed by atoms with Gasteiger partial charge < -0.3 is 9.80 Å². The molecule has 0 radical (unpaired) electrons. The second-order valence-corrected chi connectivity index (χ2v) is 8.29. The molecule has 5 rings (SSSR count). The van der Waals surface area contributed by atoms with Crippen molar-refractivity contribution in [2.24, 2.45) is 7.05 Å². The van der Waals surface area contributed by atoms with Crippen LogP contribution in [0, 0.1) is 6.92 Å². The van der Waals surface area contributed by atoms with Crippen molar-refractivity contribution in [2.45, 2.75) is 13.5 Å². The van der Waals surface area contributed by atoms with Gasteiger partial charge in [-0.15, -0.1) is 0 Å². The van der Waals surface area contributed by atoms with E-state index in [2.05, 4.69) is 58.1 Å². The van der Waals surface area contributed by atoms with Crippen LogP contribution in [0.5, 0.6) is 0 Å². The van der Waals surface area contributed by atoms with Crippen LogP contribution in [-0.4, -0.2) is 45.3 Å².